The van der Waals surface area contributed by atoms with E-state index in [-0.39, 0.29) is 36.1 Å². The molecule has 0 aliphatic carbocycles. The van der Waals surface area contributed by atoms with Crippen molar-refractivity contribution in [2.45, 2.75) is 40.5 Å². The van der Waals surface area contributed by atoms with Gasteiger partial charge in [-0.15, -0.1) is 0 Å². The molecule has 1 saturated heterocycles. The number of aryl methyl sites for hydroxylation is 1. The number of likely N-dealkylation sites (N-methyl/N-ethyl adjacent to an activating group) is 1. The number of benzene rings is 1. The fourth-order valence-electron chi connectivity index (χ4n) is 3.39. The molecule has 3 amide bonds. The molecule has 148 valence electrons. The van der Waals surface area contributed by atoms with Gasteiger partial charge in [0.25, 0.3) is 0 Å². The number of anilines is 1. The summed E-state index contributed by atoms with van der Waals surface area (Å²) in [6, 6.07) is 5.76. The molecule has 1 N–H and O–H groups in total. The lowest BCUT2D eigenvalue weighted by Gasteiger charge is -2.34. The molecule has 27 heavy (non-hydrogen) atoms. The van der Waals surface area contributed by atoms with Crippen LogP contribution in [0.4, 0.5) is 5.69 Å². The van der Waals surface area contributed by atoms with Crippen LogP contribution in [0.3, 0.4) is 0 Å². The topological polar surface area (TPSA) is 69.7 Å². The minimum absolute atomic E-state index is 0.0197. The first-order valence-corrected chi connectivity index (χ1v) is 9.60. The third-order valence-electron chi connectivity index (χ3n) is 5.29. The van der Waals surface area contributed by atoms with Crippen LogP contribution in [-0.2, 0) is 14.4 Å². The van der Waals surface area contributed by atoms with Gasteiger partial charge in [0.15, 0.2) is 0 Å². The summed E-state index contributed by atoms with van der Waals surface area (Å²) >= 11 is 0. The molecule has 0 saturated carbocycles. The van der Waals surface area contributed by atoms with Gasteiger partial charge in [0.1, 0.15) is 0 Å². The van der Waals surface area contributed by atoms with Gasteiger partial charge in [-0.1, -0.05) is 26.0 Å². The number of rotatable bonds is 5. The number of carbonyl (C=O) groups is 3. The maximum atomic E-state index is 12.7. The van der Waals surface area contributed by atoms with Crippen LogP contribution in [0.5, 0.6) is 0 Å². The molecule has 1 fully saturated rings. The van der Waals surface area contributed by atoms with Crippen molar-refractivity contribution in [3.05, 3.63) is 29.3 Å². The monoisotopic (exact) mass is 373 g/mol. The van der Waals surface area contributed by atoms with Crippen LogP contribution >= 0.6 is 0 Å². The Hall–Kier alpha value is -2.37. The van der Waals surface area contributed by atoms with Crippen LogP contribution in [-0.4, -0.2) is 54.2 Å². The Morgan fingerprint density at radius 2 is 1.81 bits per heavy atom. The molecule has 0 aromatic heterocycles. The van der Waals surface area contributed by atoms with Gasteiger partial charge in [-0.2, -0.15) is 0 Å². The normalized spacial score (nSPS) is 15.0. The lowest BCUT2D eigenvalue weighted by atomic mass is 9.94. The SMILES string of the molecule is Cc1cccc(NC(=O)CN(C)C(=O)C2CCN(C(=O)C(C)C)CC2)c1C. The van der Waals surface area contributed by atoms with Gasteiger partial charge >= 0.3 is 0 Å². The van der Waals surface area contributed by atoms with E-state index in [4.69, 9.17) is 0 Å². The number of carbonyl (C=O) groups excluding carboxylic acids is 3. The summed E-state index contributed by atoms with van der Waals surface area (Å²) < 4.78 is 0. The lowest BCUT2D eigenvalue weighted by Crippen LogP contribution is -2.45. The number of likely N-dealkylation sites (tertiary alicyclic amines) is 1. The molecule has 0 spiro atoms. The smallest absolute Gasteiger partial charge is 0.243 e. The third kappa shape index (κ3) is 5.31. The molecule has 0 bridgehead atoms. The number of amides is 3. The fraction of sp³-hybridized carbons (Fsp3) is 0.571. The Bertz CT molecular complexity index is 707. The number of nitrogens with one attached hydrogen (secondary N) is 1. The Morgan fingerprint density at radius 1 is 1.19 bits per heavy atom. The summed E-state index contributed by atoms with van der Waals surface area (Å²) in [5, 5.41) is 2.89. The predicted octanol–water partition coefficient (Wildman–Crippen LogP) is 2.59. The van der Waals surface area contributed by atoms with Gasteiger partial charge in [0, 0.05) is 37.7 Å². The van der Waals surface area contributed by atoms with Crippen molar-refractivity contribution in [3.8, 4) is 0 Å². The highest BCUT2D eigenvalue weighted by atomic mass is 16.2. The quantitative estimate of drug-likeness (QED) is 0.862. The summed E-state index contributed by atoms with van der Waals surface area (Å²) in [4.78, 5) is 40.4. The van der Waals surface area contributed by atoms with E-state index in [0.29, 0.717) is 25.9 Å². The number of piperidine rings is 1. The van der Waals surface area contributed by atoms with Crippen LogP contribution in [0.15, 0.2) is 18.2 Å². The van der Waals surface area contributed by atoms with E-state index in [1.807, 2.05) is 50.8 Å². The second-order valence-corrected chi connectivity index (χ2v) is 7.74. The first-order chi connectivity index (χ1) is 12.7. The Kier molecular flexibility index (Phi) is 6.99. The van der Waals surface area contributed by atoms with Crippen LogP contribution < -0.4 is 5.32 Å². The summed E-state index contributed by atoms with van der Waals surface area (Å²) in [5.74, 6) is -0.231. The van der Waals surface area contributed by atoms with E-state index in [1.165, 1.54) is 4.90 Å². The van der Waals surface area contributed by atoms with E-state index in [9.17, 15) is 14.4 Å². The summed E-state index contributed by atoms with van der Waals surface area (Å²) in [7, 11) is 1.66. The van der Waals surface area contributed by atoms with Gasteiger partial charge in [0.2, 0.25) is 17.7 Å². The van der Waals surface area contributed by atoms with Gasteiger partial charge in [-0.25, -0.2) is 0 Å². The first-order valence-electron chi connectivity index (χ1n) is 9.60. The molecule has 0 atom stereocenters. The van der Waals surface area contributed by atoms with E-state index in [0.717, 1.165) is 16.8 Å². The largest absolute Gasteiger partial charge is 0.342 e. The van der Waals surface area contributed by atoms with Crippen molar-refractivity contribution >= 4 is 23.4 Å². The van der Waals surface area contributed by atoms with Crippen LogP contribution in [0.2, 0.25) is 0 Å². The fourth-order valence-corrected chi connectivity index (χ4v) is 3.39. The molecule has 1 aromatic rings. The van der Waals surface area contributed by atoms with E-state index in [2.05, 4.69) is 5.32 Å². The number of hydrogen-bond acceptors (Lipinski definition) is 3. The van der Waals surface area contributed by atoms with Gasteiger partial charge < -0.3 is 15.1 Å². The van der Waals surface area contributed by atoms with Crippen molar-refractivity contribution in [3.63, 3.8) is 0 Å². The number of hydrogen-bond donors (Lipinski definition) is 1. The van der Waals surface area contributed by atoms with E-state index >= 15 is 0 Å². The summed E-state index contributed by atoms with van der Waals surface area (Å²) in [5.41, 5.74) is 2.92. The zero-order valence-electron chi connectivity index (χ0n) is 17.0. The third-order valence-corrected chi connectivity index (χ3v) is 5.29. The average Bonchev–Trinajstić information content (AvgIpc) is 2.64. The molecule has 1 aromatic carbocycles. The first kappa shape index (κ1) is 20.9. The lowest BCUT2D eigenvalue weighted by molar-refractivity contribution is -0.142. The summed E-state index contributed by atoms with van der Waals surface area (Å²) in [6.07, 6.45) is 1.31. The molecule has 6 heteroatoms. The average molecular weight is 373 g/mol. The molecule has 6 nitrogen and oxygen atoms in total. The molecular formula is C21H31N3O3. The molecular weight excluding hydrogens is 342 g/mol. The molecule has 1 heterocycles. The Labute approximate surface area is 161 Å². The van der Waals surface area contributed by atoms with Gasteiger partial charge in [-0.3, -0.25) is 14.4 Å². The van der Waals surface area contributed by atoms with Gasteiger partial charge in [0.05, 0.1) is 6.54 Å². The Balaban J connectivity index is 1.86. The van der Waals surface area contributed by atoms with E-state index < -0.39 is 0 Å². The maximum Gasteiger partial charge on any atom is 0.243 e. The van der Waals surface area contributed by atoms with Crippen molar-refractivity contribution in [1.29, 1.82) is 0 Å². The van der Waals surface area contributed by atoms with Crippen molar-refractivity contribution in [1.82, 2.24) is 9.80 Å². The molecule has 1 aliphatic rings. The molecule has 0 radical (unpaired) electrons. The van der Waals surface area contributed by atoms with Crippen molar-refractivity contribution in [2.24, 2.45) is 11.8 Å². The maximum absolute atomic E-state index is 12.7. The summed E-state index contributed by atoms with van der Waals surface area (Å²) in [6.45, 7) is 8.98. The molecule has 0 unspecified atom stereocenters. The van der Waals surface area contributed by atoms with Crippen molar-refractivity contribution in [2.75, 3.05) is 32.0 Å². The second-order valence-electron chi connectivity index (χ2n) is 7.74. The standard InChI is InChI=1S/C21H31N3O3/c1-14(2)20(26)24-11-9-17(10-12-24)21(27)23(5)13-19(25)22-18-8-6-7-15(3)16(18)4/h6-8,14,17H,9-13H2,1-5H3,(H,22,25). The van der Waals surface area contributed by atoms with E-state index in [1.54, 1.807) is 7.05 Å². The number of nitrogens with zero attached hydrogens (tertiary/aromatic N) is 2. The molecule has 1 aliphatic heterocycles. The van der Waals surface area contributed by atoms with Crippen LogP contribution in [0.25, 0.3) is 0 Å². The van der Waals surface area contributed by atoms with Gasteiger partial charge in [-0.05, 0) is 43.9 Å². The highest BCUT2D eigenvalue weighted by Gasteiger charge is 2.30. The van der Waals surface area contributed by atoms with Crippen molar-refractivity contribution < 1.29 is 14.4 Å². The zero-order chi connectivity index (χ0) is 20.1. The van der Waals surface area contributed by atoms with Crippen LogP contribution in [0.1, 0.15) is 37.8 Å². The highest BCUT2D eigenvalue weighted by Crippen LogP contribution is 2.21. The zero-order valence-corrected chi connectivity index (χ0v) is 17.0. The molecule has 2 rings (SSSR count). The predicted molar refractivity (Wildman–Crippen MR) is 106 cm³/mol. The second kappa shape index (κ2) is 9.02. The minimum atomic E-state index is -0.202. The van der Waals surface area contributed by atoms with Crippen LogP contribution in [0, 0.1) is 25.7 Å². The Morgan fingerprint density at radius 3 is 2.41 bits per heavy atom. The highest BCUT2D eigenvalue weighted by molar-refractivity contribution is 5.95. The minimum Gasteiger partial charge on any atom is -0.342 e.